The van der Waals surface area contributed by atoms with Crippen LogP contribution in [0.1, 0.15) is 44.4 Å². The predicted molar refractivity (Wildman–Crippen MR) is 104 cm³/mol. The summed E-state index contributed by atoms with van der Waals surface area (Å²) in [7, 11) is -3.40. The number of hydrogen-bond acceptors (Lipinski definition) is 5. The summed E-state index contributed by atoms with van der Waals surface area (Å²) in [5.41, 5.74) is 5.43. The molecule has 2 heterocycles. The Hall–Kier alpha value is -0.670. The highest BCUT2D eigenvalue weighted by Crippen LogP contribution is 2.27. The molecule has 0 saturated carbocycles. The van der Waals surface area contributed by atoms with Gasteiger partial charge in [-0.05, 0) is 37.8 Å². The molecule has 3 N–H and O–H groups in total. The van der Waals surface area contributed by atoms with Gasteiger partial charge in [-0.15, -0.1) is 23.7 Å². The highest BCUT2D eigenvalue weighted by atomic mass is 35.5. The molecule has 0 spiro atoms. The van der Waals surface area contributed by atoms with Crippen LogP contribution < -0.4 is 11.1 Å². The van der Waals surface area contributed by atoms with Crippen molar-refractivity contribution in [1.82, 2.24) is 9.62 Å². The number of rotatable bonds is 8. The summed E-state index contributed by atoms with van der Waals surface area (Å²) >= 11 is 1.18. The lowest BCUT2D eigenvalue weighted by atomic mass is 9.93. The molecule has 1 aromatic heterocycles. The lowest BCUT2D eigenvalue weighted by Gasteiger charge is -2.31. The van der Waals surface area contributed by atoms with Crippen molar-refractivity contribution in [3.8, 4) is 0 Å². The number of hydrogen-bond donors (Lipinski definition) is 2. The van der Waals surface area contributed by atoms with Gasteiger partial charge in [-0.1, -0.05) is 13.8 Å². The number of nitrogens with one attached hydrogen (secondary N) is 1. The first kappa shape index (κ1) is 22.4. The number of nitrogens with zero attached hydrogens (tertiary/aromatic N) is 1. The molecule has 1 amide bonds. The molecule has 0 bridgehead atoms. The topological polar surface area (TPSA) is 92.5 Å². The minimum Gasteiger partial charge on any atom is -0.349 e. The maximum atomic E-state index is 12.5. The molecule has 1 saturated heterocycles. The highest BCUT2D eigenvalue weighted by molar-refractivity contribution is 7.91. The molecule has 0 radical (unpaired) electrons. The Bertz CT molecular complexity index is 658. The van der Waals surface area contributed by atoms with Gasteiger partial charge >= 0.3 is 0 Å². The first-order valence-electron chi connectivity index (χ1n) is 8.47. The summed E-state index contributed by atoms with van der Waals surface area (Å²) in [5, 5.41) is 3.01. The van der Waals surface area contributed by atoms with Crippen LogP contribution in [-0.2, 0) is 21.2 Å². The number of carbonyl (C=O) groups excluding carboxylic acids is 1. The van der Waals surface area contributed by atoms with Crippen molar-refractivity contribution in [2.24, 2.45) is 5.73 Å². The van der Waals surface area contributed by atoms with E-state index in [9.17, 15) is 13.2 Å². The summed E-state index contributed by atoms with van der Waals surface area (Å²) in [6.45, 7) is 5.57. The average Bonchev–Trinajstić information content (AvgIpc) is 3.24. The molecule has 9 heteroatoms. The van der Waals surface area contributed by atoms with Crippen molar-refractivity contribution < 1.29 is 13.2 Å². The quantitative estimate of drug-likeness (QED) is 0.687. The van der Waals surface area contributed by atoms with Crippen molar-refractivity contribution in [3.05, 3.63) is 17.0 Å². The Labute approximate surface area is 160 Å². The molecular weight excluding hydrogens is 382 g/mol. The molecule has 144 valence electrons. The zero-order valence-corrected chi connectivity index (χ0v) is 17.2. The molecule has 0 unspecified atom stereocenters. The average molecular weight is 410 g/mol. The largest absolute Gasteiger partial charge is 0.349 e. The van der Waals surface area contributed by atoms with Gasteiger partial charge in [-0.2, -0.15) is 4.31 Å². The fraction of sp³-hybridized carbons (Fsp3) is 0.688. The van der Waals surface area contributed by atoms with Gasteiger partial charge in [0.25, 0.3) is 10.0 Å². The summed E-state index contributed by atoms with van der Waals surface area (Å²) < 4.78 is 26.9. The van der Waals surface area contributed by atoms with Crippen molar-refractivity contribution >= 4 is 39.7 Å². The zero-order valence-electron chi connectivity index (χ0n) is 14.8. The van der Waals surface area contributed by atoms with Gasteiger partial charge in [-0.3, -0.25) is 4.79 Å². The standard InChI is InChI=1S/C16H27N3O3S2.ClH/c1-3-16(4-2,12-17)18-14(20)11-13-7-8-15(23-13)24(21,22)19-9-5-6-10-19;/h7-8H,3-6,9-12,17H2,1-2H3,(H,18,20);1H. The van der Waals surface area contributed by atoms with Crippen molar-refractivity contribution in [3.63, 3.8) is 0 Å². The maximum absolute atomic E-state index is 12.5. The van der Waals surface area contributed by atoms with Gasteiger partial charge in [0.15, 0.2) is 0 Å². The first-order chi connectivity index (χ1) is 11.4. The number of carbonyl (C=O) groups is 1. The Kier molecular flexibility index (Phi) is 8.34. The van der Waals surface area contributed by atoms with E-state index in [-0.39, 0.29) is 30.3 Å². The van der Waals surface area contributed by atoms with Crippen LogP contribution >= 0.6 is 23.7 Å². The van der Waals surface area contributed by atoms with Crippen LogP contribution in [0, 0.1) is 0 Å². The Morgan fingerprint density at radius 3 is 2.40 bits per heavy atom. The van der Waals surface area contributed by atoms with Crippen LogP contribution in [0.5, 0.6) is 0 Å². The van der Waals surface area contributed by atoms with E-state index in [4.69, 9.17) is 5.73 Å². The fourth-order valence-corrected chi connectivity index (χ4v) is 5.94. The predicted octanol–water partition coefficient (Wildman–Crippen LogP) is 2.13. The highest BCUT2D eigenvalue weighted by Gasteiger charge is 2.29. The molecule has 1 aliphatic rings. The van der Waals surface area contributed by atoms with Gasteiger partial charge in [0.1, 0.15) is 4.21 Å². The van der Waals surface area contributed by atoms with Crippen LogP contribution in [0.15, 0.2) is 16.3 Å². The Morgan fingerprint density at radius 1 is 1.28 bits per heavy atom. The molecule has 6 nitrogen and oxygen atoms in total. The van der Waals surface area contributed by atoms with Crippen molar-refractivity contribution in [2.45, 2.75) is 55.7 Å². The Balaban J connectivity index is 0.00000312. The van der Waals surface area contributed by atoms with E-state index in [2.05, 4.69) is 5.32 Å². The summed E-state index contributed by atoms with van der Waals surface area (Å²) in [6, 6.07) is 3.34. The second-order valence-corrected chi connectivity index (χ2v) is 9.58. The van der Waals surface area contributed by atoms with E-state index in [1.807, 2.05) is 13.8 Å². The number of sulfonamides is 1. The molecule has 1 fully saturated rings. The first-order valence-corrected chi connectivity index (χ1v) is 10.7. The lowest BCUT2D eigenvalue weighted by Crippen LogP contribution is -2.53. The van der Waals surface area contributed by atoms with E-state index in [1.54, 1.807) is 12.1 Å². The smallest absolute Gasteiger partial charge is 0.252 e. The number of halogens is 1. The maximum Gasteiger partial charge on any atom is 0.252 e. The van der Waals surface area contributed by atoms with E-state index in [1.165, 1.54) is 15.6 Å². The van der Waals surface area contributed by atoms with Crippen LogP contribution in [0.25, 0.3) is 0 Å². The monoisotopic (exact) mass is 409 g/mol. The fourth-order valence-electron chi connectivity index (χ4n) is 2.91. The third kappa shape index (κ3) is 5.17. The zero-order chi connectivity index (χ0) is 17.8. The number of nitrogens with two attached hydrogens (primary N) is 1. The molecular formula is C16H28ClN3O3S2. The molecule has 25 heavy (non-hydrogen) atoms. The third-order valence-electron chi connectivity index (χ3n) is 4.78. The number of amides is 1. The van der Waals surface area contributed by atoms with Crippen LogP contribution in [-0.4, -0.2) is 43.8 Å². The summed E-state index contributed by atoms with van der Waals surface area (Å²) in [6.07, 6.45) is 3.54. The number of thiophene rings is 1. The molecule has 0 atom stereocenters. The summed E-state index contributed by atoms with van der Waals surface area (Å²) in [5.74, 6) is -0.115. The third-order valence-corrected chi connectivity index (χ3v) is 8.23. The van der Waals surface area contributed by atoms with Crippen molar-refractivity contribution in [2.75, 3.05) is 19.6 Å². The van der Waals surface area contributed by atoms with Crippen LogP contribution in [0.4, 0.5) is 0 Å². The molecule has 0 aliphatic carbocycles. The van der Waals surface area contributed by atoms with E-state index >= 15 is 0 Å². The van der Waals surface area contributed by atoms with Crippen LogP contribution in [0.2, 0.25) is 0 Å². The van der Waals surface area contributed by atoms with Crippen LogP contribution in [0.3, 0.4) is 0 Å². The van der Waals surface area contributed by atoms with E-state index in [0.29, 0.717) is 23.8 Å². The molecule has 1 aliphatic heterocycles. The second kappa shape index (κ2) is 9.32. The van der Waals surface area contributed by atoms with E-state index < -0.39 is 10.0 Å². The molecule has 1 aromatic rings. The Morgan fingerprint density at radius 2 is 1.88 bits per heavy atom. The molecule has 2 rings (SSSR count). The van der Waals surface area contributed by atoms with Gasteiger partial charge in [-0.25, -0.2) is 8.42 Å². The van der Waals surface area contributed by atoms with Crippen molar-refractivity contribution in [1.29, 1.82) is 0 Å². The van der Waals surface area contributed by atoms with E-state index in [0.717, 1.165) is 30.6 Å². The lowest BCUT2D eigenvalue weighted by molar-refractivity contribution is -0.122. The molecule has 0 aromatic carbocycles. The van der Waals surface area contributed by atoms with Gasteiger partial charge < -0.3 is 11.1 Å². The second-order valence-electron chi connectivity index (χ2n) is 6.25. The minimum atomic E-state index is -3.40. The normalized spacial score (nSPS) is 15.8. The van der Waals surface area contributed by atoms with Gasteiger partial charge in [0, 0.05) is 24.5 Å². The van der Waals surface area contributed by atoms with Gasteiger partial charge in [0.2, 0.25) is 5.91 Å². The minimum absolute atomic E-state index is 0. The van der Waals surface area contributed by atoms with Gasteiger partial charge in [0.05, 0.1) is 12.0 Å². The SMILES string of the molecule is CCC(CC)(CN)NC(=O)Cc1ccc(S(=O)(=O)N2CCCC2)s1.Cl. The summed E-state index contributed by atoms with van der Waals surface area (Å²) in [4.78, 5) is 13.1.